The Bertz CT molecular complexity index is 984. The molecule has 2 aliphatic rings. The number of hydrogen-bond donors (Lipinski definition) is 3. The molecule has 6 atom stereocenters. The van der Waals surface area contributed by atoms with Gasteiger partial charge >= 0.3 is 11.9 Å². The SMILES string of the molecule is C=C1/C=C/C[C@@H]([C@H](C)CCC)OC(=O)[C@H](CC(C)C)OC(=O)[C@H](C)CNC(=O)[C@@H](CC2C=C(O)C(OC)=CC2)N1. The number of allylic oxidation sites excluding steroid dienone is 3. The average molecular weight is 561 g/mol. The van der Waals surface area contributed by atoms with Gasteiger partial charge in [-0.05, 0) is 61.7 Å². The number of esters is 2. The van der Waals surface area contributed by atoms with Crippen molar-refractivity contribution in [1.82, 2.24) is 10.6 Å². The van der Waals surface area contributed by atoms with Gasteiger partial charge in [0.25, 0.3) is 0 Å². The molecule has 0 aromatic carbocycles. The van der Waals surface area contributed by atoms with Crippen LogP contribution >= 0.6 is 0 Å². The first-order chi connectivity index (χ1) is 18.9. The fraction of sp³-hybridized carbons (Fsp3) is 0.645. The summed E-state index contributed by atoms with van der Waals surface area (Å²) in [6.07, 6.45) is 9.35. The highest BCUT2D eigenvalue weighted by atomic mass is 16.6. The van der Waals surface area contributed by atoms with Crippen molar-refractivity contribution in [3.63, 3.8) is 0 Å². The molecule has 224 valence electrons. The number of rotatable bonds is 8. The van der Waals surface area contributed by atoms with Crippen molar-refractivity contribution in [3.05, 3.63) is 48.1 Å². The highest BCUT2D eigenvalue weighted by molar-refractivity contribution is 5.83. The molecule has 0 radical (unpaired) electrons. The predicted molar refractivity (Wildman–Crippen MR) is 154 cm³/mol. The van der Waals surface area contributed by atoms with Gasteiger partial charge in [-0.3, -0.25) is 9.59 Å². The molecule has 9 heteroatoms. The lowest BCUT2D eigenvalue weighted by molar-refractivity contribution is -0.176. The second-order valence-corrected chi connectivity index (χ2v) is 11.4. The first-order valence-electron chi connectivity index (χ1n) is 14.4. The monoisotopic (exact) mass is 560 g/mol. The van der Waals surface area contributed by atoms with Crippen LogP contribution in [0.3, 0.4) is 0 Å². The van der Waals surface area contributed by atoms with Crippen molar-refractivity contribution in [2.45, 2.75) is 91.4 Å². The zero-order chi connectivity index (χ0) is 29.8. The Hall–Kier alpha value is -3.23. The van der Waals surface area contributed by atoms with Crippen molar-refractivity contribution in [2.75, 3.05) is 13.7 Å². The van der Waals surface area contributed by atoms with Crippen LogP contribution in [0.25, 0.3) is 0 Å². The first kappa shape index (κ1) is 33.0. The van der Waals surface area contributed by atoms with Gasteiger partial charge in [-0.1, -0.05) is 53.7 Å². The molecule has 0 fully saturated rings. The Kier molecular flexibility index (Phi) is 13.3. The number of carbonyl (C=O) groups excluding carboxylic acids is 3. The van der Waals surface area contributed by atoms with Crippen LogP contribution < -0.4 is 10.6 Å². The highest BCUT2D eigenvalue weighted by Gasteiger charge is 2.32. The second kappa shape index (κ2) is 16.1. The molecule has 0 aromatic rings. The molecule has 0 spiro atoms. The van der Waals surface area contributed by atoms with Gasteiger partial charge in [0.15, 0.2) is 17.6 Å². The van der Waals surface area contributed by atoms with Gasteiger partial charge in [-0.25, -0.2) is 4.79 Å². The van der Waals surface area contributed by atoms with Crippen molar-refractivity contribution >= 4 is 17.8 Å². The molecule has 9 nitrogen and oxygen atoms in total. The maximum atomic E-state index is 13.3. The molecule has 1 unspecified atom stereocenters. The van der Waals surface area contributed by atoms with Crippen molar-refractivity contribution < 1.29 is 33.7 Å². The summed E-state index contributed by atoms with van der Waals surface area (Å²) in [4.78, 5) is 39.4. The molecule has 0 saturated carbocycles. The lowest BCUT2D eigenvalue weighted by Crippen LogP contribution is -2.46. The van der Waals surface area contributed by atoms with Crippen LogP contribution in [0.5, 0.6) is 0 Å². The van der Waals surface area contributed by atoms with Crippen molar-refractivity contribution in [3.8, 4) is 0 Å². The lowest BCUT2D eigenvalue weighted by atomic mass is 9.91. The molecule has 1 aliphatic carbocycles. The Morgan fingerprint density at radius 3 is 2.50 bits per heavy atom. The quantitative estimate of drug-likeness (QED) is 0.360. The van der Waals surface area contributed by atoms with Gasteiger partial charge in [0.1, 0.15) is 12.1 Å². The van der Waals surface area contributed by atoms with E-state index in [1.807, 2.05) is 26.8 Å². The number of cyclic esters (lactones) is 2. The molecule has 3 N–H and O–H groups in total. The van der Waals surface area contributed by atoms with E-state index in [1.54, 1.807) is 25.2 Å². The number of amides is 1. The zero-order valence-corrected chi connectivity index (χ0v) is 24.9. The number of methoxy groups -OCH3 is 1. The number of carbonyl (C=O) groups is 3. The summed E-state index contributed by atoms with van der Waals surface area (Å²) in [5.41, 5.74) is 0.530. The molecule has 40 heavy (non-hydrogen) atoms. The highest BCUT2D eigenvalue weighted by Crippen LogP contribution is 2.26. The third kappa shape index (κ3) is 10.4. The van der Waals surface area contributed by atoms with E-state index in [0.29, 0.717) is 37.1 Å². The van der Waals surface area contributed by atoms with Gasteiger partial charge in [0.2, 0.25) is 5.91 Å². The normalized spacial score (nSPS) is 28.8. The summed E-state index contributed by atoms with van der Waals surface area (Å²) in [5, 5.41) is 16.3. The van der Waals surface area contributed by atoms with Gasteiger partial charge in [-0.15, -0.1) is 0 Å². The minimum atomic E-state index is -1.01. The molecular weight excluding hydrogens is 512 g/mol. The summed E-state index contributed by atoms with van der Waals surface area (Å²) in [7, 11) is 1.50. The molecule has 2 rings (SSSR count). The Balaban J connectivity index is 2.31. The van der Waals surface area contributed by atoms with Gasteiger partial charge in [0, 0.05) is 18.7 Å². The van der Waals surface area contributed by atoms with Crippen LogP contribution in [0, 0.1) is 23.7 Å². The van der Waals surface area contributed by atoms with E-state index < -0.39 is 36.1 Å². The van der Waals surface area contributed by atoms with Crippen LogP contribution in [-0.2, 0) is 28.6 Å². The van der Waals surface area contributed by atoms with Crippen LogP contribution in [0.15, 0.2) is 48.1 Å². The van der Waals surface area contributed by atoms with Crippen LogP contribution in [0.1, 0.15) is 73.1 Å². The number of nitrogens with one attached hydrogen (secondary N) is 2. The van der Waals surface area contributed by atoms with Crippen LogP contribution in [-0.4, -0.2) is 54.9 Å². The Morgan fingerprint density at radius 1 is 1.15 bits per heavy atom. The third-order valence-corrected chi connectivity index (χ3v) is 7.21. The van der Waals surface area contributed by atoms with E-state index in [9.17, 15) is 19.5 Å². The summed E-state index contributed by atoms with van der Waals surface area (Å²) < 4.78 is 16.7. The fourth-order valence-corrected chi connectivity index (χ4v) is 4.84. The number of hydrogen-bond acceptors (Lipinski definition) is 8. The lowest BCUT2D eigenvalue weighted by Gasteiger charge is -2.28. The summed E-state index contributed by atoms with van der Waals surface area (Å²) >= 11 is 0. The van der Waals surface area contributed by atoms with Gasteiger partial charge < -0.3 is 30.0 Å². The maximum Gasteiger partial charge on any atom is 0.347 e. The zero-order valence-electron chi connectivity index (χ0n) is 24.9. The van der Waals surface area contributed by atoms with Crippen LogP contribution in [0.4, 0.5) is 0 Å². The van der Waals surface area contributed by atoms with Crippen molar-refractivity contribution in [2.24, 2.45) is 23.7 Å². The molecular formula is C31H48N2O7. The third-order valence-electron chi connectivity index (χ3n) is 7.21. The standard InChI is InChI=1S/C31H48N2O7/c1-8-10-20(4)26-12-9-11-22(6)33-24(16-23-13-14-27(38-7)25(34)17-23)29(35)32-18-21(5)30(36)40-28(15-19(2)3)31(37)39-26/h9,11,14,17,19-21,23-24,26,28,33-34H,6,8,10,12-13,15-16,18H2,1-5,7H3,(H,32,35)/b11-9+/t20-,21-,23?,24-,26+,28+/m1/s1. The minimum Gasteiger partial charge on any atom is -0.504 e. The largest absolute Gasteiger partial charge is 0.504 e. The number of aliphatic hydroxyl groups is 1. The van der Waals surface area contributed by atoms with Gasteiger partial charge in [-0.2, -0.15) is 0 Å². The summed E-state index contributed by atoms with van der Waals surface area (Å²) in [6.45, 7) is 13.8. The van der Waals surface area contributed by atoms with E-state index in [1.165, 1.54) is 7.11 Å². The van der Waals surface area contributed by atoms with E-state index >= 15 is 0 Å². The topological polar surface area (TPSA) is 123 Å². The van der Waals surface area contributed by atoms with E-state index in [-0.39, 0.29) is 36.0 Å². The van der Waals surface area contributed by atoms with E-state index in [2.05, 4.69) is 24.1 Å². The Morgan fingerprint density at radius 2 is 1.88 bits per heavy atom. The molecule has 1 aliphatic heterocycles. The second-order valence-electron chi connectivity index (χ2n) is 11.4. The van der Waals surface area contributed by atoms with E-state index in [4.69, 9.17) is 14.2 Å². The van der Waals surface area contributed by atoms with Crippen LogP contribution in [0.2, 0.25) is 0 Å². The fourth-order valence-electron chi connectivity index (χ4n) is 4.84. The van der Waals surface area contributed by atoms with Gasteiger partial charge in [0.05, 0.1) is 13.0 Å². The molecule has 0 aromatic heterocycles. The predicted octanol–water partition coefficient (Wildman–Crippen LogP) is 4.86. The Labute approximate surface area is 239 Å². The average Bonchev–Trinajstić information content (AvgIpc) is 2.89. The molecule has 0 bridgehead atoms. The van der Waals surface area contributed by atoms with E-state index in [0.717, 1.165) is 12.8 Å². The molecule has 1 amide bonds. The summed E-state index contributed by atoms with van der Waals surface area (Å²) in [5.74, 6) is -1.54. The minimum absolute atomic E-state index is 0.0389. The smallest absolute Gasteiger partial charge is 0.347 e. The number of aliphatic hydroxyl groups excluding tert-OH is 1. The number of ether oxygens (including phenoxy) is 3. The van der Waals surface area contributed by atoms with Crippen molar-refractivity contribution in [1.29, 1.82) is 0 Å². The molecule has 1 heterocycles. The summed E-state index contributed by atoms with van der Waals surface area (Å²) in [6, 6.07) is -0.666. The maximum absolute atomic E-state index is 13.3. The molecule has 0 saturated heterocycles. The first-order valence-corrected chi connectivity index (χ1v) is 14.4.